The lowest BCUT2D eigenvalue weighted by Gasteiger charge is -2.15. The largest absolute Gasteiger partial charge is 0.496 e. The highest BCUT2D eigenvalue weighted by Crippen LogP contribution is 2.18. The standard InChI is InChI=1S/C16H19N3O2/c1-19(2)15-13(8-6-10-17-15)16(20)18-11-12-7-4-5-9-14(12)21-3/h4-10H,11H2,1-3H3,(H,18,20). The van der Waals surface area contributed by atoms with Crippen LogP contribution in [0, 0.1) is 0 Å². The van der Waals surface area contributed by atoms with E-state index in [1.807, 2.05) is 43.3 Å². The van der Waals surface area contributed by atoms with Gasteiger partial charge in [-0.2, -0.15) is 0 Å². The third-order valence-corrected chi connectivity index (χ3v) is 3.09. The lowest BCUT2D eigenvalue weighted by molar-refractivity contribution is 0.0951. The zero-order chi connectivity index (χ0) is 15.2. The summed E-state index contributed by atoms with van der Waals surface area (Å²) in [6.45, 7) is 0.407. The molecule has 0 aliphatic rings. The lowest BCUT2D eigenvalue weighted by Crippen LogP contribution is -2.26. The first-order valence-corrected chi connectivity index (χ1v) is 6.66. The molecule has 21 heavy (non-hydrogen) atoms. The molecule has 110 valence electrons. The molecule has 0 spiro atoms. The molecule has 0 radical (unpaired) electrons. The highest BCUT2D eigenvalue weighted by molar-refractivity contribution is 5.98. The number of hydrogen-bond donors (Lipinski definition) is 1. The Morgan fingerprint density at radius 3 is 2.71 bits per heavy atom. The molecule has 0 bridgehead atoms. The van der Waals surface area contributed by atoms with Crippen LogP contribution in [0.2, 0.25) is 0 Å². The Hall–Kier alpha value is -2.56. The van der Waals surface area contributed by atoms with Gasteiger partial charge in [-0.15, -0.1) is 0 Å². The summed E-state index contributed by atoms with van der Waals surface area (Å²) in [5, 5.41) is 2.90. The smallest absolute Gasteiger partial charge is 0.255 e. The number of carbonyl (C=O) groups excluding carboxylic acids is 1. The second-order valence-electron chi connectivity index (χ2n) is 4.76. The monoisotopic (exact) mass is 285 g/mol. The van der Waals surface area contributed by atoms with Gasteiger partial charge in [-0.3, -0.25) is 4.79 Å². The van der Waals surface area contributed by atoms with Crippen LogP contribution in [-0.4, -0.2) is 32.1 Å². The van der Waals surface area contributed by atoms with E-state index in [0.717, 1.165) is 11.3 Å². The molecular weight excluding hydrogens is 266 g/mol. The summed E-state index contributed by atoms with van der Waals surface area (Å²) >= 11 is 0. The Balaban J connectivity index is 2.12. The summed E-state index contributed by atoms with van der Waals surface area (Å²) in [4.78, 5) is 18.4. The van der Waals surface area contributed by atoms with Gasteiger partial charge in [-0.1, -0.05) is 18.2 Å². The molecular formula is C16H19N3O2. The van der Waals surface area contributed by atoms with Crippen molar-refractivity contribution in [3.63, 3.8) is 0 Å². The van der Waals surface area contributed by atoms with Crippen molar-refractivity contribution >= 4 is 11.7 Å². The van der Waals surface area contributed by atoms with Gasteiger partial charge in [0.1, 0.15) is 11.6 Å². The highest BCUT2D eigenvalue weighted by atomic mass is 16.5. The molecule has 0 saturated heterocycles. The number of para-hydroxylation sites is 1. The van der Waals surface area contributed by atoms with Crippen LogP contribution >= 0.6 is 0 Å². The first-order chi connectivity index (χ1) is 10.1. The van der Waals surface area contributed by atoms with Crippen molar-refractivity contribution in [3.8, 4) is 5.75 Å². The predicted octanol–water partition coefficient (Wildman–Crippen LogP) is 2.09. The Kier molecular flexibility index (Phi) is 4.77. The molecule has 0 aliphatic heterocycles. The molecule has 1 amide bonds. The van der Waals surface area contributed by atoms with Crippen molar-refractivity contribution in [2.75, 3.05) is 26.1 Å². The van der Waals surface area contributed by atoms with E-state index in [1.54, 1.807) is 25.4 Å². The van der Waals surface area contributed by atoms with E-state index in [9.17, 15) is 4.79 Å². The number of nitrogens with zero attached hydrogens (tertiary/aromatic N) is 2. The zero-order valence-corrected chi connectivity index (χ0v) is 12.5. The summed E-state index contributed by atoms with van der Waals surface area (Å²) in [5.74, 6) is 1.25. The molecule has 1 N–H and O–H groups in total. The van der Waals surface area contributed by atoms with Crippen LogP contribution in [0.25, 0.3) is 0 Å². The molecule has 5 nitrogen and oxygen atoms in total. The first-order valence-electron chi connectivity index (χ1n) is 6.66. The number of pyridine rings is 1. The third-order valence-electron chi connectivity index (χ3n) is 3.09. The number of amides is 1. The summed E-state index contributed by atoms with van der Waals surface area (Å²) in [5.41, 5.74) is 1.49. The van der Waals surface area contributed by atoms with Gasteiger partial charge in [0, 0.05) is 32.4 Å². The average molecular weight is 285 g/mol. The van der Waals surface area contributed by atoms with Crippen molar-refractivity contribution in [1.29, 1.82) is 0 Å². The topological polar surface area (TPSA) is 54.5 Å². The number of benzene rings is 1. The van der Waals surface area contributed by atoms with Gasteiger partial charge >= 0.3 is 0 Å². The van der Waals surface area contributed by atoms with Crippen molar-refractivity contribution in [1.82, 2.24) is 10.3 Å². The second-order valence-corrected chi connectivity index (χ2v) is 4.76. The molecule has 5 heteroatoms. The maximum atomic E-state index is 12.3. The van der Waals surface area contributed by atoms with Crippen LogP contribution in [0.15, 0.2) is 42.6 Å². The van der Waals surface area contributed by atoms with Gasteiger partial charge in [-0.25, -0.2) is 4.98 Å². The molecule has 2 rings (SSSR count). The summed E-state index contributed by atoms with van der Waals surface area (Å²) < 4.78 is 5.27. The van der Waals surface area contributed by atoms with Crippen LogP contribution in [0.4, 0.5) is 5.82 Å². The molecule has 1 aromatic carbocycles. The van der Waals surface area contributed by atoms with Crippen molar-refractivity contribution in [2.24, 2.45) is 0 Å². The number of hydrogen-bond acceptors (Lipinski definition) is 4. The molecule has 2 aromatic rings. The fourth-order valence-electron chi connectivity index (χ4n) is 2.05. The van der Waals surface area contributed by atoms with Crippen LogP contribution < -0.4 is 15.0 Å². The van der Waals surface area contributed by atoms with Crippen molar-refractivity contribution < 1.29 is 9.53 Å². The van der Waals surface area contributed by atoms with Gasteiger partial charge < -0.3 is 15.0 Å². The second kappa shape index (κ2) is 6.74. The lowest BCUT2D eigenvalue weighted by atomic mass is 10.2. The minimum atomic E-state index is -0.155. The fraction of sp³-hybridized carbons (Fsp3) is 0.250. The minimum absolute atomic E-state index is 0.155. The number of ether oxygens (including phenoxy) is 1. The third kappa shape index (κ3) is 3.51. The Bertz CT molecular complexity index is 626. The summed E-state index contributed by atoms with van der Waals surface area (Å²) in [6.07, 6.45) is 1.67. The van der Waals surface area contributed by atoms with Crippen LogP contribution in [0.5, 0.6) is 5.75 Å². The molecule has 0 fully saturated rings. The molecule has 0 aliphatic carbocycles. The number of nitrogens with one attached hydrogen (secondary N) is 1. The number of anilines is 1. The van der Waals surface area contributed by atoms with Gasteiger partial charge in [0.2, 0.25) is 0 Å². The minimum Gasteiger partial charge on any atom is -0.496 e. The SMILES string of the molecule is COc1ccccc1CNC(=O)c1cccnc1N(C)C. The number of aromatic nitrogens is 1. The highest BCUT2D eigenvalue weighted by Gasteiger charge is 2.13. The van der Waals surface area contributed by atoms with Gasteiger partial charge in [0.25, 0.3) is 5.91 Å². The predicted molar refractivity (Wildman–Crippen MR) is 82.7 cm³/mol. The number of methoxy groups -OCH3 is 1. The summed E-state index contributed by atoms with van der Waals surface area (Å²) in [7, 11) is 5.34. The molecule has 1 aromatic heterocycles. The van der Waals surface area contributed by atoms with Gasteiger partial charge in [-0.05, 0) is 18.2 Å². The fourth-order valence-corrected chi connectivity index (χ4v) is 2.05. The maximum Gasteiger partial charge on any atom is 0.255 e. The molecule has 0 atom stereocenters. The van der Waals surface area contributed by atoms with E-state index >= 15 is 0 Å². The molecule has 1 heterocycles. The summed E-state index contributed by atoms with van der Waals surface area (Å²) in [6, 6.07) is 11.1. The van der Waals surface area contributed by atoms with Crippen LogP contribution in [-0.2, 0) is 6.54 Å². The quantitative estimate of drug-likeness (QED) is 0.914. The van der Waals surface area contributed by atoms with E-state index in [-0.39, 0.29) is 5.91 Å². The van der Waals surface area contributed by atoms with Gasteiger partial charge in [0.05, 0.1) is 12.7 Å². The zero-order valence-electron chi connectivity index (χ0n) is 12.5. The first kappa shape index (κ1) is 14.8. The molecule has 0 saturated carbocycles. The average Bonchev–Trinajstić information content (AvgIpc) is 2.52. The van der Waals surface area contributed by atoms with Crippen LogP contribution in [0.3, 0.4) is 0 Å². The Morgan fingerprint density at radius 1 is 1.24 bits per heavy atom. The maximum absolute atomic E-state index is 12.3. The Labute approximate surface area is 124 Å². The van der Waals surface area contributed by atoms with Crippen LogP contribution in [0.1, 0.15) is 15.9 Å². The number of rotatable bonds is 5. The van der Waals surface area contributed by atoms with E-state index in [2.05, 4.69) is 10.3 Å². The van der Waals surface area contributed by atoms with Crippen molar-refractivity contribution in [2.45, 2.75) is 6.54 Å². The van der Waals surface area contributed by atoms with E-state index < -0.39 is 0 Å². The Morgan fingerprint density at radius 2 is 2.00 bits per heavy atom. The van der Waals surface area contributed by atoms with E-state index in [4.69, 9.17) is 4.74 Å². The normalized spacial score (nSPS) is 10.0. The van der Waals surface area contributed by atoms with E-state index in [1.165, 1.54) is 0 Å². The van der Waals surface area contributed by atoms with E-state index in [0.29, 0.717) is 17.9 Å². The number of carbonyl (C=O) groups is 1. The molecule has 0 unspecified atom stereocenters. The van der Waals surface area contributed by atoms with Crippen molar-refractivity contribution in [3.05, 3.63) is 53.7 Å². The van der Waals surface area contributed by atoms with Gasteiger partial charge in [0.15, 0.2) is 0 Å².